The van der Waals surface area contributed by atoms with Gasteiger partial charge >= 0.3 is 0 Å². The number of carbonyl (C=O) groups excluding carboxylic acids is 1. The number of benzene rings is 1. The molecule has 0 bridgehead atoms. The van der Waals surface area contributed by atoms with Crippen molar-refractivity contribution in [3.63, 3.8) is 0 Å². The van der Waals surface area contributed by atoms with E-state index in [1.54, 1.807) is 12.4 Å². The molecule has 2 aromatic heterocycles. The van der Waals surface area contributed by atoms with Crippen LogP contribution < -0.4 is 0 Å². The van der Waals surface area contributed by atoms with Crippen molar-refractivity contribution in [3.8, 4) is 11.3 Å². The SMILES string of the molecule is Cc1ccccc1-c1c(C=O)c2nccnc2n1C. The Labute approximate surface area is 110 Å². The summed E-state index contributed by atoms with van der Waals surface area (Å²) in [6.07, 6.45) is 4.11. The molecule has 0 fully saturated rings. The van der Waals surface area contributed by atoms with Crippen molar-refractivity contribution >= 4 is 17.5 Å². The van der Waals surface area contributed by atoms with Crippen molar-refractivity contribution in [2.75, 3.05) is 0 Å². The smallest absolute Gasteiger partial charge is 0.159 e. The van der Waals surface area contributed by atoms with Gasteiger partial charge in [-0.1, -0.05) is 24.3 Å². The van der Waals surface area contributed by atoms with Crippen LogP contribution in [0.1, 0.15) is 15.9 Å². The van der Waals surface area contributed by atoms with Gasteiger partial charge in [-0.25, -0.2) is 4.98 Å². The fourth-order valence-electron chi connectivity index (χ4n) is 2.44. The molecule has 0 aliphatic rings. The van der Waals surface area contributed by atoms with Gasteiger partial charge in [-0.15, -0.1) is 0 Å². The first-order chi connectivity index (χ1) is 9.24. The molecular weight excluding hydrogens is 238 g/mol. The highest BCUT2D eigenvalue weighted by molar-refractivity contribution is 6.02. The van der Waals surface area contributed by atoms with Crippen LogP contribution in [-0.2, 0) is 7.05 Å². The van der Waals surface area contributed by atoms with Crippen molar-refractivity contribution in [1.29, 1.82) is 0 Å². The lowest BCUT2D eigenvalue weighted by Crippen LogP contribution is -1.96. The second-order valence-corrected chi connectivity index (χ2v) is 4.48. The minimum absolute atomic E-state index is 0.597. The third-order valence-corrected chi connectivity index (χ3v) is 3.36. The zero-order valence-corrected chi connectivity index (χ0v) is 10.8. The van der Waals surface area contributed by atoms with Gasteiger partial charge < -0.3 is 4.57 Å². The minimum atomic E-state index is 0.597. The Morgan fingerprint density at radius 1 is 1.16 bits per heavy atom. The number of aldehydes is 1. The largest absolute Gasteiger partial charge is 0.326 e. The molecule has 0 spiro atoms. The third kappa shape index (κ3) is 1.64. The van der Waals surface area contributed by atoms with E-state index in [1.165, 1.54) is 0 Å². The summed E-state index contributed by atoms with van der Waals surface area (Å²) in [5, 5.41) is 0. The molecule has 0 unspecified atom stereocenters. The van der Waals surface area contributed by atoms with Crippen LogP contribution in [0.2, 0.25) is 0 Å². The lowest BCUT2D eigenvalue weighted by Gasteiger charge is -2.08. The summed E-state index contributed by atoms with van der Waals surface area (Å²) < 4.78 is 1.92. The first-order valence-corrected chi connectivity index (χ1v) is 6.04. The summed E-state index contributed by atoms with van der Waals surface area (Å²) in [6, 6.07) is 7.99. The normalized spacial score (nSPS) is 10.8. The fraction of sp³-hybridized carbons (Fsp3) is 0.133. The Balaban J connectivity index is 2.45. The van der Waals surface area contributed by atoms with Crippen LogP contribution in [0.15, 0.2) is 36.7 Å². The van der Waals surface area contributed by atoms with Crippen molar-refractivity contribution in [2.24, 2.45) is 7.05 Å². The highest BCUT2D eigenvalue weighted by atomic mass is 16.1. The van der Waals surface area contributed by atoms with Gasteiger partial charge in [-0.3, -0.25) is 9.78 Å². The molecule has 0 saturated carbocycles. The van der Waals surface area contributed by atoms with Crippen LogP contribution in [-0.4, -0.2) is 20.8 Å². The summed E-state index contributed by atoms with van der Waals surface area (Å²) in [5.41, 5.74) is 5.00. The molecule has 0 N–H and O–H groups in total. The Morgan fingerprint density at radius 3 is 2.63 bits per heavy atom. The molecule has 0 amide bonds. The number of aromatic nitrogens is 3. The molecule has 0 atom stereocenters. The predicted molar refractivity (Wildman–Crippen MR) is 74.1 cm³/mol. The monoisotopic (exact) mass is 251 g/mol. The molecule has 4 heteroatoms. The lowest BCUT2D eigenvalue weighted by molar-refractivity contribution is 0.112. The summed E-state index contributed by atoms with van der Waals surface area (Å²) in [6.45, 7) is 2.03. The van der Waals surface area contributed by atoms with E-state index in [-0.39, 0.29) is 0 Å². The van der Waals surface area contributed by atoms with Gasteiger partial charge in [-0.05, 0) is 12.5 Å². The van der Waals surface area contributed by atoms with E-state index < -0.39 is 0 Å². The molecule has 3 rings (SSSR count). The highest BCUT2D eigenvalue weighted by Gasteiger charge is 2.18. The topological polar surface area (TPSA) is 47.8 Å². The van der Waals surface area contributed by atoms with Gasteiger partial charge in [0.2, 0.25) is 0 Å². The van der Waals surface area contributed by atoms with Crippen molar-refractivity contribution in [2.45, 2.75) is 6.92 Å². The number of carbonyl (C=O) groups is 1. The van der Waals surface area contributed by atoms with E-state index in [4.69, 9.17) is 0 Å². The van der Waals surface area contributed by atoms with E-state index in [9.17, 15) is 4.79 Å². The van der Waals surface area contributed by atoms with Crippen molar-refractivity contribution in [3.05, 3.63) is 47.8 Å². The second kappa shape index (κ2) is 4.31. The van der Waals surface area contributed by atoms with Gasteiger partial charge in [-0.2, -0.15) is 0 Å². The van der Waals surface area contributed by atoms with Crippen molar-refractivity contribution in [1.82, 2.24) is 14.5 Å². The van der Waals surface area contributed by atoms with E-state index in [0.717, 1.165) is 28.8 Å². The van der Waals surface area contributed by atoms with E-state index in [1.807, 2.05) is 42.8 Å². The molecule has 4 nitrogen and oxygen atoms in total. The van der Waals surface area contributed by atoms with Crippen LogP contribution >= 0.6 is 0 Å². The molecular formula is C15H13N3O. The highest BCUT2D eigenvalue weighted by Crippen LogP contribution is 2.31. The lowest BCUT2D eigenvalue weighted by atomic mass is 10.0. The molecule has 0 aliphatic carbocycles. The zero-order valence-electron chi connectivity index (χ0n) is 10.8. The molecule has 0 radical (unpaired) electrons. The maximum Gasteiger partial charge on any atom is 0.159 e. The summed E-state index contributed by atoms with van der Waals surface area (Å²) in [7, 11) is 1.91. The number of aryl methyl sites for hydroxylation is 2. The molecule has 19 heavy (non-hydrogen) atoms. The number of fused-ring (bicyclic) bond motifs is 1. The van der Waals surface area contributed by atoms with Crippen LogP contribution in [0.5, 0.6) is 0 Å². The minimum Gasteiger partial charge on any atom is -0.326 e. The van der Waals surface area contributed by atoms with Crippen LogP contribution in [0.4, 0.5) is 0 Å². The van der Waals surface area contributed by atoms with Gasteiger partial charge in [0, 0.05) is 25.0 Å². The van der Waals surface area contributed by atoms with Gasteiger partial charge in [0.05, 0.1) is 11.3 Å². The second-order valence-electron chi connectivity index (χ2n) is 4.48. The maximum absolute atomic E-state index is 11.5. The van der Waals surface area contributed by atoms with Gasteiger partial charge in [0.15, 0.2) is 11.9 Å². The first kappa shape index (κ1) is 11.6. The maximum atomic E-state index is 11.5. The molecule has 0 saturated heterocycles. The van der Waals surface area contributed by atoms with Crippen LogP contribution in [0, 0.1) is 6.92 Å². The number of nitrogens with zero attached hydrogens (tertiary/aromatic N) is 3. The number of rotatable bonds is 2. The quantitative estimate of drug-likeness (QED) is 0.658. The zero-order chi connectivity index (χ0) is 13.4. The average Bonchev–Trinajstić information content (AvgIpc) is 2.73. The summed E-state index contributed by atoms with van der Waals surface area (Å²) in [4.78, 5) is 20.0. The molecule has 3 aromatic rings. The Bertz CT molecular complexity index is 774. The average molecular weight is 251 g/mol. The van der Waals surface area contributed by atoms with Gasteiger partial charge in [0.1, 0.15) is 5.52 Å². The first-order valence-electron chi connectivity index (χ1n) is 6.04. The molecule has 2 heterocycles. The predicted octanol–water partition coefficient (Wildman–Crippen LogP) is 2.76. The van der Waals surface area contributed by atoms with E-state index in [2.05, 4.69) is 9.97 Å². The fourth-order valence-corrected chi connectivity index (χ4v) is 2.44. The molecule has 1 aromatic carbocycles. The third-order valence-electron chi connectivity index (χ3n) is 3.36. The Morgan fingerprint density at radius 2 is 1.89 bits per heavy atom. The number of hydrogen-bond acceptors (Lipinski definition) is 3. The standard InChI is InChI=1S/C15H13N3O/c1-10-5-3-4-6-11(10)14-12(9-19)13-15(18(14)2)17-8-7-16-13/h3-9H,1-2H3. The Kier molecular flexibility index (Phi) is 2.63. The van der Waals surface area contributed by atoms with Crippen LogP contribution in [0.3, 0.4) is 0 Å². The number of hydrogen-bond donors (Lipinski definition) is 0. The van der Waals surface area contributed by atoms with E-state index in [0.29, 0.717) is 11.1 Å². The Hall–Kier alpha value is -2.49. The van der Waals surface area contributed by atoms with Crippen LogP contribution in [0.25, 0.3) is 22.4 Å². The molecule has 94 valence electrons. The van der Waals surface area contributed by atoms with Crippen molar-refractivity contribution < 1.29 is 4.79 Å². The van der Waals surface area contributed by atoms with E-state index >= 15 is 0 Å². The summed E-state index contributed by atoms with van der Waals surface area (Å²) >= 11 is 0. The molecule has 0 aliphatic heterocycles. The van der Waals surface area contributed by atoms with Gasteiger partial charge in [0.25, 0.3) is 0 Å². The summed E-state index contributed by atoms with van der Waals surface area (Å²) in [5.74, 6) is 0.